The third-order valence-electron chi connectivity index (χ3n) is 17.6. The number of hydrogen-bond donors (Lipinski definition) is 1. The molecule has 510 valence electrons. The molecule has 9 nitrogen and oxygen atoms in total. The summed E-state index contributed by atoms with van der Waals surface area (Å²) in [7, 11) is 1.21. The second kappa shape index (κ2) is 66.4. The van der Waals surface area contributed by atoms with Gasteiger partial charge in [-0.1, -0.05) is 354 Å². The Morgan fingerprint density at radius 3 is 0.988 bits per heavy atom. The lowest BCUT2D eigenvalue weighted by Crippen LogP contribution is -2.47. The van der Waals surface area contributed by atoms with Gasteiger partial charge in [-0.25, -0.2) is 0 Å². The summed E-state index contributed by atoms with van der Waals surface area (Å²) < 4.78 is 30.5. The van der Waals surface area contributed by atoms with E-state index in [1.54, 1.807) is 0 Å². The van der Waals surface area contributed by atoms with Gasteiger partial charge in [0, 0.05) is 12.8 Å². The minimum Gasteiger partial charge on any atom is -0.756 e. The van der Waals surface area contributed by atoms with Crippen molar-refractivity contribution in [3.63, 3.8) is 0 Å². The highest BCUT2D eigenvalue weighted by Crippen LogP contribution is 2.38. The third kappa shape index (κ3) is 66.9. The van der Waals surface area contributed by atoms with Crippen molar-refractivity contribution in [1.29, 1.82) is 0 Å². The van der Waals surface area contributed by atoms with E-state index in [0.717, 1.165) is 57.8 Å². The molecule has 3 atom stereocenters. The van der Waals surface area contributed by atoms with Crippen LogP contribution in [-0.2, 0) is 27.9 Å². The van der Waals surface area contributed by atoms with Gasteiger partial charge < -0.3 is 28.5 Å². The van der Waals surface area contributed by atoms with E-state index < -0.39 is 20.0 Å². The van der Waals surface area contributed by atoms with Crippen LogP contribution in [0.25, 0.3) is 0 Å². The molecule has 1 amide bonds. The van der Waals surface area contributed by atoms with Crippen molar-refractivity contribution in [2.45, 2.75) is 412 Å². The Morgan fingerprint density at radius 1 is 0.395 bits per heavy atom. The zero-order valence-corrected chi connectivity index (χ0v) is 59.5. The van der Waals surface area contributed by atoms with Crippen LogP contribution in [0.4, 0.5) is 0 Å². The van der Waals surface area contributed by atoms with Crippen LogP contribution in [0.15, 0.2) is 24.3 Å². The van der Waals surface area contributed by atoms with Gasteiger partial charge in [0.25, 0.3) is 7.82 Å². The first kappa shape index (κ1) is 84.5. The van der Waals surface area contributed by atoms with E-state index >= 15 is 0 Å². The second-order valence-corrected chi connectivity index (χ2v) is 28.9. The fraction of sp³-hybridized carbons (Fsp3) is 0.921. The smallest absolute Gasteiger partial charge is 0.306 e. The van der Waals surface area contributed by atoms with Crippen LogP contribution in [0, 0.1) is 0 Å². The molecule has 0 aromatic heterocycles. The van der Waals surface area contributed by atoms with Gasteiger partial charge in [-0.15, -0.1) is 0 Å². The molecule has 1 N–H and O–H groups in total. The number of amides is 1. The Kier molecular flexibility index (Phi) is 65.2. The number of unbranched alkanes of at least 4 members (excludes halogenated alkanes) is 53. The van der Waals surface area contributed by atoms with Crippen molar-refractivity contribution in [3.05, 3.63) is 24.3 Å². The summed E-state index contributed by atoms with van der Waals surface area (Å²) in [5.74, 6) is -0.515. The maximum Gasteiger partial charge on any atom is 0.306 e. The number of hydrogen-bond acceptors (Lipinski definition) is 7. The average Bonchev–Trinajstić information content (AvgIpc) is 3.69. The van der Waals surface area contributed by atoms with Gasteiger partial charge in [0.2, 0.25) is 5.91 Å². The first-order chi connectivity index (χ1) is 41.9. The monoisotopic (exact) mass is 1230 g/mol. The third-order valence-corrected chi connectivity index (χ3v) is 18.6. The Morgan fingerprint density at radius 2 is 0.674 bits per heavy atom. The van der Waals surface area contributed by atoms with Crippen molar-refractivity contribution in [3.8, 4) is 0 Å². The minimum atomic E-state index is -4.70. The number of quaternary nitrogens is 1. The second-order valence-electron chi connectivity index (χ2n) is 27.5. The first-order valence-electron chi connectivity index (χ1n) is 38.1. The molecule has 10 heteroatoms. The molecule has 0 aliphatic heterocycles. The van der Waals surface area contributed by atoms with Crippen molar-refractivity contribution < 1.29 is 37.3 Å². The molecule has 0 spiro atoms. The normalized spacial score (nSPS) is 13.5. The summed E-state index contributed by atoms with van der Waals surface area (Å²) in [6.45, 7) is 6.92. The Labute approximate surface area is 536 Å². The van der Waals surface area contributed by atoms with E-state index in [2.05, 4.69) is 38.2 Å². The topological polar surface area (TPSA) is 114 Å². The molecule has 0 saturated heterocycles. The molecular weight excluding hydrogens is 1080 g/mol. The maximum absolute atomic E-state index is 13.6. The zero-order chi connectivity index (χ0) is 62.8. The van der Waals surface area contributed by atoms with E-state index in [1.165, 1.54) is 308 Å². The lowest BCUT2D eigenvalue weighted by Gasteiger charge is -2.30. The highest BCUT2D eigenvalue weighted by atomic mass is 31.2. The largest absolute Gasteiger partial charge is 0.756 e. The Bertz CT molecular complexity index is 1520. The summed E-state index contributed by atoms with van der Waals surface area (Å²) >= 11 is 0. The predicted molar refractivity (Wildman–Crippen MR) is 372 cm³/mol. The summed E-state index contributed by atoms with van der Waals surface area (Å²) in [4.78, 5) is 40.3. The minimum absolute atomic E-state index is 0.0178. The Hall–Kier alpha value is -1.51. The zero-order valence-electron chi connectivity index (χ0n) is 58.6. The molecule has 0 radical (unpaired) electrons. The van der Waals surface area contributed by atoms with E-state index in [-0.39, 0.29) is 31.5 Å². The molecule has 0 saturated carbocycles. The first-order valence-corrected chi connectivity index (χ1v) is 39.6. The number of rotatable bonds is 71. The van der Waals surface area contributed by atoms with Gasteiger partial charge in [-0.2, -0.15) is 0 Å². The fourth-order valence-electron chi connectivity index (χ4n) is 11.8. The molecule has 0 aromatic rings. The maximum atomic E-state index is 13.6. The average molecular weight is 1230 g/mol. The summed E-state index contributed by atoms with van der Waals surface area (Å²) in [6, 6.07) is -0.884. The van der Waals surface area contributed by atoms with Crippen molar-refractivity contribution in [2.24, 2.45) is 0 Å². The van der Waals surface area contributed by atoms with Crippen LogP contribution in [0.1, 0.15) is 400 Å². The predicted octanol–water partition coefficient (Wildman–Crippen LogP) is 23.8. The molecule has 0 aromatic carbocycles. The Balaban J connectivity index is 4.94. The quantitative estimate of drug-likeness (QED) is 0.0212. The molecule has 3 unspecified atom stereocenters. The molecule has 0 fully saturated rings. The van der Waals surface area contributed by atoms with E-state index in [9.17, 15) is 19.0 Å². The van der Waals surface area contributed by atoms with Crippen LogP contribution in [0.3, 0.4) is 0 Å². The molecule has 0 heterocycles. The van der Waals surface area contributed by atoms with Gasteiger partial charge in [0.15, 0.2) is 0 Å². The van der Waals surface area contributed by atoms with Crippen LogP contribution in [0.2, 0.25) is 0 Å². The van der Waals surface area contributed by atoms with Crippen LogP contribution in [0.5, 0.6) is 0 Å². The standard InChI is InChI=1S/C76H149N2O7P/c1-7-10-13-16-19-22-25-28-30-32-34-36-38-39-41-42-44-46-48-50-53-56-59-62-65-68-75(79)77-73(72-84-86(81,82)83-71-70-78(4,5)6)74(67-64-61-58-55-52-27-24-21-18-15-12-9-3)85-76(80)69-66-63-60-57-54-51-49-47-45-43-40-37-35-33-31-29-26-23-20-17-14-11-8-2/h29,31,64,67,73-74H,7-28,30,32-63,65-66,68-72H2,1-6H3,(H-,77,79,81,82)/b31-29+,67-64+. The number of esters is 1. The summed E-state index contributed by atoms with van der Waals surface area (Å²) in [5.41, 5.74) is 0. The number of phosphoric ester groups is 1. The van der Waals surface area contributed by atoms with Crippen LogP contribution >= 0.6 is 7.82 Å². The number of nitrogens with one attached hydrogen (secondary N) is 1. The van der Waals surface area contributed by atoms with Gasteiger partial charge in [-0.3, -0.25) is 14.2 Å². The lowest BCUT2D eigenvalue weighted by atomic mass is 10.0. The van der Waals surface area contributed by atoms with Crippen molar-refractivity contribution >= 4 is 19.7 Å². The molecule has 0 bridgehead atoms. The molecule has 0 rings (SSSR count). The van der Waals surface area contributed by atoms with E-state index in [1.807, 2.05) is 33.3 Å². The SMILES string of the molecule is CCCCCCCC/C=C/CCCCCCCCCCCCCCCC(=O)OC(/C=C/CCCCCCCCCCCC)C(COP(=O)([O-])OCC[N+](C)(C)C)NC(=O)CCCCCCCCCCCCCCCCCCCCCCCCCCC. The van der Waals surface area contributed by atoms with Gasteiger partial charge in [0.1, 0.15) is 19.3 Å². The van der Waals surface area contributed by atoms with E-state index in [0.29, 0.717) is 17.4 Å². The number of allylic oxidation sites excluding steroid dienone is 3. The van der Waals surface area contributed by atoms with Crippen LogP contribution < -0.4 is 10.2 Å². The van der Waals surface area contributed by atoms with Gasteiger partial charge in [-0.05, 0) is 57.4 Å². The molecular formula is C76H149N2O7P. The molecule has 86 heavy (non-hydrogen) atoms. The van der Waals surface area contributed by atoms with Crippen molar-refractivity contribution in [1.82, 2.24) is 5.32 Å². The van der Waals surface area contributed by atoms with Gasteiger partial charge in [0.05, 0.1) is 33.8 Å². The number of ether oxygens (including phenoxy) is 1. The molecule has 0 aliphatic carbocycles. The number of likely N-dealkylation sites (N-methyl/N-ethyl adjacent to an activating group) is 1. The highest BCUT2D eigenvalue weighted by molar-refractivity contribution is 7.45. The number of phosphoric acid groups is 1. The summed E-state index contributed by atoms with van der Waals surface area (Å²) in [6.07, 6.45) is 81.7. The molecule has 0 aliphatic rings. The van der Waals surface area contributed by atoms with Gasteiger partial charge >= 0.3 is 5.97 Å². The number of nitrogens with zero attached hydrogens (tertiary/aromatic N) is 1. The van der Waals surface area contributed by atoms with Crippen molar-refractivity contribution in [2.75, 3.05) is 40.9 Å². The number of carbonyl (C=O) groups excluding carboxylic acids is 2. The van der Waals surface area contributed by atoms with E-state index in [4.69, 9.17) is 13.8 Å². The van der Waals surface area contributed by atoms with Crippen LogP contribution in [-0.4, -0.2) is 69.4 Å². The number of carbonyl (C=O) groups is 2. The summed E-state index contributed by atoms with van der Waals surface area (Å²) in [5, 5.41) is 3.06. The highest BCUT2D eigenvalue weighted by Gasteiger charge is 2.27. The fourth-order valence-corrected chi connectivity index (χ4v) is 12.5. The lowest BCUT2D eigenvalue weighted by molar-refractivity contribution is -0.870.